The van der Waals surface area contributed by atoms with Gasteiger partial charge in [0.25, 0.3) is 0 Å². The van der Waals surface area contributed by atoms with Crippen molar-refractivity contribution < 1.29 is 0 Å². The van der Waals surface area contributed by atoms with E-state index in [0.29, 0.717) is 6.04 Å². The highest BCUT2D eigenvalue weighted by Gasteiger charge is 2.24. The summed E-state index contributed by atoms with van der Waals surface area (Å²) in [5.41, 5.74) is 2.03. The maximum atomic E-state index is 4.41. The summed E-state index contributed by atoms with van der Waals surface area (Å²) >= 11 is 4.94. The lowest BCUT2D eigenvalue weighted by Gasteiger charge is -2.19. The normalized spacial score (nSPS) is 13.2. The van der Waals surface area contributed by atoms with E-state index >= 15 is 0 Å². The summed E-state index contributed by atoms with van der Waals surface area (Å²) in [5, 5.41) is 14.0. The van der Waals surface area contributed by atoms with Crippen LogP contribution in [-0.2, 0) is 0 Å². The minimum Gasteiger partial charge on any atom is -0.304 e. The largest absolute Gasteiger partial charge is 0.304 e. The van der Waals surface area contributed by atoms with Crippen molar-refractivity contribution >= 4 is 27.5 Å². The van der Waals surface area contributed by atoms with Crippen molar-refractivity contribution in [3.63, 3.8) is 0 Å². The number of hydrogen-bond acceptors (Lipinski definition) is 5. The van der Waals surface area contributed by atoms with Gasteiger partial charge in [0.2, 0.25) is 0 Å². The highest BCUT2D eigenvalue weighted by atomic mass is 79.9. The Morgan fingerprint density at radius 3 is 2.83 bits per heavy atom. The topological polar surface area (TPSA) is 55.6 Å². The Bertz CT molecular complexity index is 494. The van der Waals surface area contributed by atoms with Crippen molar-refractivity contribution in [2.24, 2.45) is 0 Å². The van der Waals surface area contributed by atoms with Crippen molar-refractivity contribution in [1.29, 1.82) is 0 Å². The van der Waals surface area contributed by atoms with Gasteiger partial charge in [-0.3, -0.25) is 4.68 Å². The first-order valence-corrected chi connectivity index (χ1v) is 7.51. The monoisotopic (exact) mass is 329 g/mol. The number of hydrogen-bond donors (Lipinski definition) is 1. The molecule has 1 unspecified atom stereocenters. The van der Waals surface area contributed by atoms with E-state index in [4.69, 9.17) is 0 Å². The third-order valence-electron chi connectivity index (χ3n) is 2.63. The molecule has 0 aliphatic rings. The van der Waals surface area contributed by atoms with Crippen molar-refractivity contribution in [2.45, 2.75) is 32.9 Å². The lowest BCUT2D eigenvalue weighted by Crippen LogP contribution is -2.26. The van der Waals surface area contributed by atoms with Gasteiger partial charge in [-0.05, 0) is 47.9 Å². The van der Waals surface area contributed by atoms with Gasteiger partial charge in [-0.25, -0.2) is 0 Å². The third-order valence-corrected chi connectivity index (χ3v) is 3.76. The van der Waals surface area contributed by atoms with Crippen LogP contribution in [0.5, 0.6) is 0 Å². The zero-order chi connectivity index (χ0) is 13.1. The first-order chi connectivity index (χ1) is 8.65. The van der Waals surface area contributed by atoms with Gasteiger partial charge in [-0.1, -0.05) is 11.4 Å². The molecule has 2 aromatic rings. The molecule has 2 rings (SSSR count). The molecular formula is C11H16BrN5S. The average molecular weight is 330 g/mol. The first-order valence-electron chi connectivity index (χ1n) is 5.88. The minimum atomic E-state index is 0.0213. The maximum Gasteiger partial charge on any atom is 0.0986 e. The van der Waals surface area contributed by atoms with Crippen LogP contribution in [0.15, 0.2) is 16.0 Å². The van der Waals surface area contributed by atoms with E-state index in [1.807, 2.05) is 16.3 Å². The molecule has 1 N–H and O–H groups in total. The Balaban J connectivity index is 2.45. The van der Waals surface area contributed by atoms with E-state index in [-0.39, 0.29) is 6.04 Å². The van der Waals surface area contributed by atoms with Crippen LogP contribution >= 0.6 is 27.5 Å². The molecule has 0 saturated heterocycles. The summed E-state index contributed by atoms with van der Waals surface area (Å²) < 4.78 is 6.95. The molecule has 18 heavy (non-hydrogen) atoms. The van der Waals surface area contributed by atoms with Gasteiger partial charge in [0.05, 0.1) is 28.1 Å². The number of rotatable bonds is 5. The Hall–Kier alpha value is -0.790. The molecule has 0 aromatic carbocycles. The van der Waals surface area contributed by atoms with E-state index in [0.717, 1.165) is 22.4 Å². The van der Waals surface area contributed by atoms with Crippen LogP contribution in [0.2, 0.25) is 0 Å². The first kappa shape index (κ1) is 13.6. The molecule has 0 aliphatic heterocycles. The Morgan fingerprint density at radius 1 is 1.50 bits per heavy atom. The Kier molecular flexibility index (Phi) is 4.47. The molecule has 0 bridgehead atoms. The fourth-order valence-corrected chi connectivity index (χ4v) is 2.86. The number of aromatic nitrogens is 4. The Labute approximate surface area is 119 Å². The summed E-state index contributed by atoms with van der Waals surface area (Å²) in [6.07, 6.45) is 1.83. The zero-order valence-electron chi connectivity index (χ0n) is 10.6. The standard InChI is InChI=1S/C11H16BrN5S/c1-4-13-10(9-6-18-16-15-9)11-8(12)5-14-17(11)7(2)3/h5-7,10,13H,4H2,1-3H3. The molecule has 7 heteroatoms. The molecule has 0 saturated carbocycles. The summed E-state index contributed by atoms with van der Waals surface area (Å²) in [6, 6.07) is 0.326. The van der Waals surface area contributed by atoms with Crippen molar-refractivity contribution in [1.82, 2.24) is 24.7 Å². The van der Waals surface area contributed by atoms with E-state index in [2.05, 4.69) is 56.7 Å². The second kappa shape index (κ2) is 5.90. The van der Waals surface area contributed by atoms with E-state index in [1.54, 1.807) is 0 Å². The van der Waals surface area contributed by atoms with Gasteiger partial charge >= 0.3 is 0 Å². The summed E-state index contributed by atoms with van der Waals surface area (Å²) in [7, 11) is 0. The number of halogens is 1. The van der Waals surface area contributed by atoms with Gasteiger partial charge in [-0.15, -0.1) is 5.10 Å². The summed E-state index contributed by atoms with van der Waals surface area (Å²) in [4.78, 5) is 0. The van der Waals surface area contributed by atoms with Gasteiger partial charge in [0, 0.05) is 11.4 Å². The molecule has 0 aliphatic carbocycles. The highest BCUT2D eigenvalue weighted by molar-refractivity contribution is 9.10. The Morgan fingerprint density at radius 2 is 2.28 bits per heavy atom. The fourth-order valence-electron chi connectivity index (χ4n) is 1.88. The van der Waals surface area contributed by atoms with Crippen LogP contribution in [0.25, 0.3) is 0 Å². The van der Waals surface area contributed by atoms with Crippen LogP contribution in [0.4, 0.5) is 0 Å². The van der Waals surface area contributed by atoms with E-state index < -0.39 is 0 Å². The van der Waals surface area contributed by atoms with E-state index in [9.17, 15) is 0 Å². The molecule has 0 amide bonds. The molecule has 2 aromatic heterocycles. The third kappa shape index (κ3) is 2.62. The smallest absolute Gasteiger partial charge is 0.0986 e. The minimum absolute atomic E-state index is 0.0213. The summed E-state index contributed by atoms with van der Waals surface area (Å²) in [5.74, 6) is 0. The quantitative estimate of drug-likeness (QED) is 0.916. The molecule has 98 valence electrons. The van der Waals surface area contributed by atoms with Gasteiger partial charge in [-0.2, -0.15) is 5.10 Å². The van der Waals surface area contributed by atoms with Gasteiger partial charge in [0.15, 0.2) is 0 Å². The number of nitrogens with one attached hydrogen (secondary N) is 1. The van der Waals surface area contributed by atoms with Crippen LogP contribution in [0, 0.1) is 0 Å². The van der Waals surface area contributed by atoms with Crippen LogP contribution in [0.1, 0.15) is 44.2 Å². The predicted octanol–water partition coefficient (Wildman–Crippen LogP) is 2.78. The van der Waals surface area contributed by atoms with Crippen molar-refractivity contribution in [3.8, 4) is 0 Å². The maximum absolute atomic E-state index is 4.41. The molecule has 5 nitrogen and oxygen atoms in total. The van der Waals surface area contributed by atoms with Gasteiger partial charge < -0.3 is 5.32 Å². The second-order valence-corrected chi connectivity index (χ2v) is 5.70. The second-order valence-electron chi connectivity index (χ2n) is 4.24. The molecule has 0 fully saturated rings. The van der Waals surface area contributed by atoms with Crippen LogP contribution in [-0.4, -0.2) is 25.9 Å². The molecule has 2 heterocycles. The SMILES string of the molecule is CCNC(c1csnn1)c1c(Br)cnn1C(C)C. The van der Waals surface area contributed by atoms with E-state index in [1.165, 1.54) is 11.5 Å². The van der Waals surface area contributed by atoms with Crippen molar-refractivity contribution in [3.05, 3.63) is 27.4 Å². The lowest BCUT2D eigenvalue weighted by molar-refractivity contribution is 0.471. The predicted molar refractivity (Wildman–Crippen MR) is 75.7 cm³/mol. The average Bonchev–Trinajstić information content (AvgIpc) is 2.95. The highest BCUT2D eigenvalue weighted by Crippen LogP contribution is 2.29. The molecular weight excluding hydrogens is 314 g/mol. The molecule has 0 spiro atoms. The zero-order valence-corrected chi connectivity index (χ0v) is 13.0. The van der Waals surface area contributed by atoms with Crippen molar-refractivity contribution in [2.75, 3.05) is 6.54 Å². The van der Waals surface area contributed by atoms with Crippen LogP contribution in [0.3, 0.4) is 0 Å². The van der Waals surface area contributed by atoms with Crippen LogP contribution < -0.4 is 5.32 Å². The molecule has 1 atom stereocenters. The number of nitrogens with zero attached hydrogens (tertiary/aromatic N) is 4. The van der Waals surface area contributed by atoms with Gasteiger partial charge in [0.1, 0.15) is 0 Å². The lowest BCUT2D eigenvalue weighted by atomic mass is 10.1. The molecule has 0 radical (unpaired) electrons. The fraction of sp³-hybridized carbons (Fsp3) is 0.545. The summed E-state index contributed by atoms with van der Waals surface area (Å²) in [6.45, 7) is 7.17.